The van der Waals surface area contributed by atoms with Crippen LogP contribution in [0.3, 0.4) is 0 Å². The van der Waals surface area contributed by atoms with Crippen molar-refractivity contribution < 1.29 is 9.84 Å². The van der Waals surface area contributed by atoms with Crippen LogP contribution in [0.5, 0.6) is 0 Å². The van der Waals surface area contributed by atoms with Crippen LogP contribution in [0.4, 0.5) is 0 Å². The van der Waals surface area contributed by atoms with E-state index in [-0.39, 0.29) is 5.60 Å². The lowest BCUT2D eigenvalue weighted by Gasteiger charge is -2.31. The highest BCUT2D eigenvalue weighted by Gasteiger charge is 2.28. The monoisotopic (exact) mass is 198 g/mol. The summed E-state index contributed by atoms with van der Waals surface area (Å²) in [5.41, 5.74) is -0.699. The molecule has 0 spiro atoms. The van der Waals surface area contributed by atoms with Crippen molar-refractivity contribution in [2.45, 2.75) is 57.2 Å². The van der Waals surface area contributed by atoms with Crippen molar-refractivity contribution in [1.29, 1.82) is 0 Å². The maximum absolute atomic E-state index is 10.2. The van der Waals surface area contributed by atoms with Gasteiger partial charge in [0.15, 0.2) is 0 Å². The highest BCUT2D eigenvalue weighted by molar-refractivity contribution is 5.05. The molecule has 1 aliphatic carbocycles. The molecule has 0 aromatic carbocycles. The van der Waals surface area contributed by atoms with Crippen molar-refractivity contribution in [1.82, 2.24) is 0 Å². The van der Waals surface area contributed by atoms with Crippen LogP contribution in [0.2, 0.25) is 0 Å². The summed E-state index contributed by atoms with van der Waals surface area (Å²) in [5.74, 6) is 0. The molecule has 1 unspecified atom stereocenters. The topological polar surface area (TPSA) is 29.5 Å². The van der Waals surface area contributed by atoms with Gasteiger partial charge in [0.05, 0.1) is 11.2 Å². The molecule has 0 saturated heterocycles. The minimum Gasteiger partial charge on any atom is -0.386 e. The molecule has 0 aliphatic heterocycles. The van der Waals surface area contributed by atoms with Gasteiger partial charge >= 0.3 is 0 Å². The Bertz CT molecular complexity index is 208. The first-order chi connectivity index (χ1) is 6.47. The zero-order chi connectivity index (χ0) is 10.7. The number of allylic oxidation sites excluding steroid dienone is 1. The average molecular weight is 198 g/mol. The zero-order valence-corrected chi connectivity index (χ0v) is 9.55. The van der Waals surface area contributed by atoms with E-state index in [0.29, 0.717) is 0 Å². The first kappa shape index (κ1) is 11.7. The number of aliphatic hydroxyl groups is 1. The number of ether oxygens (including phenoxy) is 1. The molecule has 1 rings (SSSR count). The molecule has 0 amide bonds. The number of hydrogen-bond donors (Lipinski definition) is 1. The highest BCUT2D eigenvalue weighted by atomic mass is 16.5. The van der Waals surface area contributed by atoms with E-state index in [4.69, 9.17) is 4.74 Å². The van der Waals surface area contributed by atoms with Crippen molar-refractivity contribution in [3.05, 3.63) is 12.2 Å². The fourth-order valence-corrected chi connectivity index (χ4v) is 1.74. The van der Waals surface area contributed by atoms with E-state index in [0.717, 1.165) is 32.1 Å². The fraction of sp³-hybridized carbons (Fsp3) is 0.833. The van der Waals surface area contributed by atoms with Crippen LogP contribution in [0, 0.1) is 0 Å². The van der Waals surface area contributed by atoms with Gasteiger partial charge in [0.2, 0.25) is 0 Å². The first-order valence-corrected chi connectivity index (χ1v) is 5.43. The lowest BCUT2D eigenvalue weighted by atomic mass is 9.84. The van der Waals surface area contributed by atoms with E-state index in [1.165, 1.54) is 0 Å². The summed E-state index contributed by atoms with van der Waals surface area (Å²) < 4.78 is 5.34. The van der Waals surface area contributed by atoms with E-state index in [9.17, 15) is 5.11 Å². The molecule has 0 aromatic rings. The lowest BCUT2D eigenvalue weighted by Crippen LogP contribution is -2.32. The Morgan fingerprint density at radius 3 is 2.71 bits per heavy atom. The average Bonchev–Trinajstić information content (AvgIpc) is 2.17. The van der Waals surface area contributed by atoms with E-state index >= 15 is 0 Å². The van der Waals surface area contributed by atoms with Gasteiger partial charge in [0.25, 0.3) is 0 Å². The van der Waals surface area contributed by atoms with Crippen molar-refractivity contribution in [3.8, 4) is 0 Å². The summed E-state index contributed by atoms with van der Waals surface area (Å²) in [6.45, 7) is 4.12. The molecule has 0 bridgehead atoms. The van der Waals surface area contributed by atoms with E-state index in [1.807, 2.05) is 6.08 Å². The smallest absolute Gasteiger partial charge is 0.0828 e. The van der Waals surface area contributed by atoms with Crippen LogP contribution in [0.25, 0.3) is 0 Å². The van der Waals surface area contributed by atoms with Gasteiger partial charge < -0.3 is 9.84 Å². The molecule has 82 valence electrons. The normalized spacial score (nSPS) is 28.0. The molecule has 2 heteroatoms. The third kappa shape index (κ3) is 3.43. The second kappa shape index (κ2) is 4.45. The maximum atomic E-state index is 10.2. The molecule has 0 fully saturated rings. The zero-order valence-electron chi connectivity index (χ0n) is 9.55. The molecule has 0 saturated carbocycles. The summed E-state index contributed by atoms with van der Waals surface area (Å²) in [5, 5.41) is 10.2. The first-order valence-electron chi connectivity index (χ1n) is 5.43. The van der Waals surface area contributed by atoms with Crippen molar-refractivity contribution in [2.75, 3.05) is 7.11 Å². The standard InChI is InChI=1S/C12H22O2/c1-11(2,14-3)9-10-12(13)7-5-4-6-8-12/h5,7,13H,4,6,8-10H2,1-3H3. The summed E-state index contributed by atoms with van der Waals surface area (Å²) in [7, 11) is 1.72. The number of hydrogen-bond acceptors (Lipinski definition) is 2. The second-order valence-corrected chi connectivity index (χ2v) is 4.86. The lowest BCUT2D eigenvalue weighted by molar-refractivity contribution is -0.0138. The van der Waals surface area contributed by atoms with Crippen LogP contribution in [0.15, 0.2) is 12.2 Å². The molecule has 1 atom stereocenters. The molecule has 0 radical (unpaired) electrons. The Hall–Kier alpha value is -0.340. The Labute approximate surface area is 87.0 Å². The Kier molecular flexibility index (Phi) is 3.73. The quantitative estimate of drug-likeness (QED) is 0.704. The van der Waals surface area contributed by atoms with E-state index in [2.05, 4.69) is 19.9 Å². The summed E-state index contributed by atoms with van der Waals surface area (Å²) >= 11 is 0. The third-order valence-corrected chi connectivity index (χ3v) is 3.12. The molecule has 1 N–H and O–H groups in total. The largest absolute Gasteiger partial charge is 0.386 e. The fourth-order valence-electron chi connectivity index (χ4n) is 1.74. The molecule has 0 aromatic heterocycles. The summed E-state index contributed by atoms with van der Waals surface area (Å²) in [6, 6.07) is 0. The van der Waals surface area contributed by atoms with Gasteiger partial charge in [0.1, 0.15) is 0 Å². The van der Waals surface area contributed by atoms with Crippen molar-refractivity contribution in [3.63, 3.8) is 0 Å². The minimum atomic E-state index is -0.575. The Morgan fingerprint density at radius 2 is 2.21 bits per heavy atom. The molecular formula is C12H22O2. The second-order valence-electron chi connectivity index (χ2n) is 4.86. The van der Waals surface area contributed by atoms with Gasteiger partial charge in [-0.3, -0.25) is 0 Å². The molecule has 14 heavy (non-hydrogen) atoms. The van der Waals surface area contributed by atoms with Gasteiger partial charge in [-0.2, -0.15) is 0 Å². The summed E-state index contributed by atoms with van der Waals surface area (Å²) in [6.07, 6.45) is 8.83. The van der Waals surface area contributed by atoms with Crippen LogP contribution in [0.1, 0.15) is 46.0 Å². The number of methoxy groups -OCH3 is 1. The van der Waals surface area contributed by atoms with E-state index < -0.39 is 5.60 Å². The predicted molar refractivity (Wildman–Crippen MR) is 58.3 cm³/mol. The Balaban J connectivity index is 2.43. The van der Waals surface area contributed by atoms with Gasteiger partial charge in [-0.1, -0.05) is 12.2 Å². The van der Waals surface area contributed by atoms with Crippen LogP contribution < -0.4 is 0 Å². The predicted octanol–water partition coefficient (Wildman–Crippen LogP) is 2.66. The SMILES string of the molecule is COC(C)(C)CCC1(O)C=CCCC1. The Morgan fingerprint density at radius 1 is 1.50 bits per heavy atom. The van der Waals surface area contributed by atoms with Crippen LogP contribution >= 0.6 is 0 Å². The third-order valence-electron chi connectivity index (χ3n) is 3.12. The molecule has 0 heterocycles. The molecular weight excluding hydrogens is 176 g/mol. The van der Waals surface area contributed by atoms with Crippen molar-refractivity contribution in [2.24, 2.45) is 0 Å². The van der Waals surface area contributed by atoms with E-state index in [1.54, 1.807) is 7.11 Å². The van der Waals surface area contributed by atoms with Gasteiger partial charge in [0, 0.05) is 7.11 Å². The van der Waals surface area contributed by atoms with Gasteiger partial charge in [-0.15, -0.1) is 0 Å². The van der Waals surface area contributed by atoms with Gasteiger partial charge in [-0.25, -0.2) is 0 Å². The van der Waals surface area contributed by atoms with Gasteiger partial charge in [-0.05, 0) is 46.0 Å². The van der Waals surface area contributed by atoms with Crippen LogP contribution in [-0.2, 0) is 4.74 Å². The van der Waals surface area contributed by atoms with Crippen LogP contribution in [-0.4, -0.2) is 23.4 Å². The minimum absolute atomic E-state index is 0.124. The molecule has 2 nitrogen and oxygen atoms in total. The summed E-state index contributed by atoms with van der Waals surface area (Å²) in [4.78, 5) is 0. The van der Waals surface area contributed by atoms with Crippen molar-refractivity contribution >= 4 is 0 Å². The molecule has 1 aliphatic rings. The maximum Gasteiger partial charge on any atom is 0.0828 e. The number of rotatable bonds is 4. The highest BCUT2D eigenvalue weighted by Crippen LogP contribution is 2.29.